The summed E-state index contributed by atoms with van der Waals surface area (Å²) in [7, 11) is 0. The van der Waals surface area contributed by atoms with Gasteiger partial charge in [0.25, 0.3) is 0 Å². The Morgan fingerprint density at radius 3 is 2.45 bits per heavy atom. The Labute approximate surface area is 170 Å². The van der Waals surface area contributed by atoms with E-state index in [4.69, 9.17) is 5.10 Å². The number of fused-ring (bicyclic) bond motifs is 1. The van der Waals surface area contributed by atoms with Gasteiger partial charge in [0.1, 0.15) is 6.54 Å². The summed E-state index contributed by atoms with van der Waals surface area (Å²) in [5, 5.41) is 8.66. The lowest BCUT2D eigenvalue weighted by Gasteiger charge is -2.07. The fourth-order valence-corrected chi connectivity index (χ4v) is 3.54. The Kier molecular flexibility index (Phi) is 5.16. The van der Waals surface area contributed by atoms with Gasteiger partial charge in [-0.3, -0.25) is 4.79 Å². The largest absolute Gasteiger partial charge is 0.350 e. The molecule has 0 aliphatic heterocycles. The molecule has 0 fully saturated rings. The summed E-state index contributed by atoms with van der Waals surface area (Å²) in [6.45, 7) is 6.76. The normalized spacial score (nSPS) is 11.1. The molecule has 6 nitrogen and oxygen atoms in total. The topological polar surface area (TPSA) is 64.7 Å². The van der Waals surface area contributed by atoms with Gasteiger partial charge in [-0.15, -0.1) is 0 Å². The number of benzene rings is 1. The Bertz CT molecular complexity index is 1140. The van der Waals surface area contributed by atoms with Gasteiger partial charge in [-0.2, -0.15) is 5.10 Å². The van der Waals surface area contributed by atoms with Crippen molar-refractivity contribution in [2.24, 2.45) is 0 Å². The molecule has 0 unspecified atom stereocenters. The zero-order valence-corrected chi connectivity index (χ0v) is 17.0. The van der Waals surface area contributed by atoms with E-state index in [0.717, 1.165) is 40.1 Å². The van der Waals surface area contributed by atoms with Crippen molar-refractivity contribution in [1.82, 2.24) is 24.6 Å². The van der Waals surface area contributed by atoms with E-state index in [1.165, 1.54) is 5.56 Å². The third kappa shape index (κ3) is 3.92. The number of hydrogen-bond donors (Lipinski definition) is 1. The van der Waals surface area contributed by atoms with Crippen LogP contribution in [0.15, 0.2) is 54.9 Å². The first-order chi connectivity index (χ1) is 14.0. The second-order valence-electron chi connectivity index (χ2n) is 7.30. The molecule has 6 heteroatoms. The van der Waals surface area contributed by atoms with E-state index in [-0.39, 0.29) is 12.5 Å². The van der Waals surface area contributed by atoms with E-state index in [0.29, 0.717) is 6.54 Å². The molecule has 148 valence electrons. The van der Waals surface area contributed by atoms with Crippen LogP contribution in [0.4, 0.5) is 0 Å². The molecule has 0 aliphatic rings. The summed E-state index contributed by atoms with van der Waals surface area (Å²) in [5.41, 5.74) is 5.11. The highest BCUT2D eigenvalue weighted by atomic mass is 16.2. The molecule has 4 rings (SSSR count). The van der Waals surface area contributed by atoms with Crippen molar-refractivity contribution in [2.45, 2.75) is 40.3 Å². The van der Waals surface area contributed by atoms with E-state index in [2.05, 4.69) is 48.4 Å². The number of hydrogen-bond acceptors (Lipinski definition) is 3. The van der Waals surface area contributed by atoms with E-state index >= 15 is 0 Å². The van der Waals surface area contributed by atoms with Gasteiger partial charge in [-0.1, -0.05) is 31.2 Å². The maximum atomic E-state index is 12.6. The van der Waals surface area contributed by atoms with Crippen LogP contribution in [0.1, 0.15) is 29.3 Å². The molecule has 3 aromatic heterocycles. The van der Waals surface area contributed by atoms with Crippen molar-refractivity contribution in [3.05, 3.63) is 77.2 Å². The smallest absolute Gasteiger partial charge is 0.242 e. The predicted octanol–water partition coefficient (Wildman–Crippen LogP) is 3.72. The fraction of sp³-hybridized carbons (Fsp3) is 0.261. The summed E-state index contributed by atoms with van der Waals surface area (Å²) in [4.78, 5) is 17.3. The molecule has 0 aliphatic carbocycles. The molecule has 1 aromatic carbocycles. The SMILES string of the molecule is CCc1ccc(CNC(=O)Cn2nc(-n3cccc3)c3c(C)cc(C)nc32)cc1. The van der Waals surface area contributed by atoms with E-state index in [1.54, 1.807) is 4.68 Å². The predicted molar refractivity (Wildman–Crippen MR) is 114 cm³/mol. The minimum atomic E-state index is -0.0889. The summed E-state index contributed by atoms with van der Waals surface area (Å²) in [6.07, 6.45) is 4.91. The number of aromatic nitrogens is 4. The van der Waals surface area contributed by atoms with Crippen molar-refractivity contribution in [3.63, 3.8) is 0 Å². The number of amides is 1. The zero-order valence-electron chi connectivity index (χ0n) is 17.0. The number of carbonyl (C=O) groups excluding carboxylic acids is 1. The third-order valence-corrected chi connectivity index (χ3v) is 5.07. The van der Waals surface area contributed by atoms with E-state index in [1.807, 2.05) is 42.1 Å². The monoisotopic (exact) mass is 387 g/mol. The van der Waals surface area contributed by atoms with Gasteiger partial charge in [0.2, 0.25) is 5.91 Å². The molecule has 0 spiro atoms. The number of aryl methyl sites for hydroxylation is 3. The molecule has 0 atom stereocenters. The minimum absolute atomic E-state index is 0.0889. The van der Waals surface area contributed by atoms with Crippen LogP contribution in [0.3, 0.4) is 0 Å². The van der Waals surface area contributed by atoms with Gasteiger partial charge in [0.05, 0.1) is 5.39 Å². The molecule has 1 N–H and O–H groups in total. The van der Waals surface area contributed by atoms with Gasteiger partial charge in [-0.05, 0) is 55.2 Å². The Hall–Kier alpha value is -3.41. The van der Waals surface area contributed by atoms with Crippen LogP contribution >= 0.6 is 0 Å². The lowest BCUT2D eigenvalue weighted by atomic mass is 10.1. The highest BCUT2D eigenvalue weighted by Gasteiger charge is 2.17. The molecule has 0 bridgehead atoms. The summed E-state index contributed by atoms with van der Waals surface area (Å²) in [5.74, 6) is 0.701. The number of pyridine rings is 1. The van der Waals surface area contributed by atoms with Crippen LogP contribution in [0.5, 0.6) is 0 Å². The molecule has 0 saturated heterocycles. The van der Waals surface area contributed by atoms with Crippen LogP contribution in [0.25, 0.3) is 16.9 Å². The third-order valence-electron chi connectivity index (χ3n) is 5.07. The average molecular weight is 387 g/mol. The first-order valence-corrected chi connectivity index (χ1v) is 9.87. The Morgan fingerprint density at radius 1 is 1.07 bits per heavy atom. The van der Waals surface area contributed by atoms with Crippen molar-refractivity contribution in [3.8, 4) is 5.82 Å². The molecule has 0 saturated carbocycles. The van der Waals surface area contributed by atoms with Crippen molar-refractivity contribution in [2.75, 3.05) is 0 Å². The highest BCUT2D eigenvalue weighted by Crippen LogP contribution is 2.25. The summed E-state index contributed by atoms with van der Waals surface area (Å²) >= 11 is 0. The van der Waals surface area contributed by atoms with Crippen LogP contribution in [0, 0.1) is 13.8 Å². The quantitative estimate of drug-likeness (QED) is 0.548. The van der Waals surface area contributed by atoms with Crippen molar-refractivity contribution < 1.29 is 4.79 Å². The molecular formula is C23H25N5O. The van der Waals surface area contributed by atoms with E-state index < -0.39 is 0 Å². The van der Waals surface area contributed by atoms with Gasteiger partial charge < -0.3 is 9.88 Å². The van der Waals surface area contributed by atoms with Crippen molar-refractivity contribution in [1.29, 1.82) is 0 Å². The second kappa shape index (κ2) is 7.91. The number of rotatable bonds is 6. The van der Waals surface area contributed by atoms with Crippen LogP contribution in [0.2, 0.25) is 0 Å². The van der Waals surface area contributed by atoms with Crippen LogP contribution in [-0.4, -0.2) is 25.2 Å². The Morgan fingerprint density at radius 2 is 1.76 bits per heavy atom. The molecule has 3 heterocycles. The summed E-state index contributed by atoms with van der Waals surface area (Å²) < 4.78 is 3.65. The van der Waals surface area contributed by atoms with Gasteiger partial charge in [-0.25, -0.2) is 9.67 Å². The molecule has 0 radical (unpaired) electrons. The maximum Gasteiger partial charge on any atom is 0.242 e. The molecule has 4 aromatic rings. The van der Waals surface area contributed by atoms with Gasteiger partial charge >= 0.3 is 0 Å². The first-order valence-electron chi connectivity index (χ1n) is 9.87. The zero-order chi connectivity index (χ0) is 20.4. The van der Waals surface area contributed by atoms with Crippen LogP contribution in [-0.2, 0) is 24.3 Å². The lowest BCUT2D eigenvalue weighted by Crippen LogP contribution is -2.27. The average Bonchev–Trinajstić information content (AvgIpc) is 3.35. The second-order valence-corrected chi connectivity index (χ2v) is 7.30. The van der Waals surface area contributed by atoms with Crippen LogP contribution < -0.4 is 5.32 Å². The van der Waals surface area contributed by atoms with Gasteiger partial charge in [0.15, 0.2) is 11.5 Å². The Balaban J connectivity index is 1.57. The van der Waals surface area contributed by atoms with E-state index in [9.17, 15) is 4.79 Å². The maximum absolute atomic E-state index is 12.6. The molecule has 29 heavy (non-hydrogen) atoms. The number of nitrogens with one attached hydrogen (secondary N) is 1. The van der Waals surface area contributed by atoms with Gasteiger partial charge in [0, 0.05) is 24.6 Å². The standard InChI is InChI=1S/C23H25N5O/c1-4-18-7-9-19(10-8-18)14-24-20(29)15-28-22-21(16(2)13-17(3)25-22)23(26-28)27-11-5-6-12-27/h5-13H,4,14-15H2,1-3H3,(H,24,29). The van der Waals surface area contributed by atoms with Crippen molar-refractivity contribution >= 4 is 16.9 Å². The fourth-order valence-electron chi connectivity index (χ4n) is 3.54. The number of nitrogens with zero attached hydrogens (tertiary/aromatic N) is 4. The minimum Gasteiger partial charge on any atom is -0.350 e. The summed E-state index contributed by atoms with van der Waals surface area (Å²) in [6, 6.07) is 14.3. The molecule has 1 amide bonds. The highest BCUT2D eigenvalue weighted by molar-refractivity contribution is 5.88. The first kappa shape index (κ1) is 18.9. The molecular weight excluding hydrogens is 362 g/mol. The lowest BCUT2D eigenvalue weighted by molar-refractivity contribution is -0.121. The number of carbonyl (C=O) groups is 1.